The molecule has 1 aromatic rings. The molecular weight excluding hydrogens is 334 g/mol. The van der Waals surface area contributed by atoms with Crippen molar-refractivity contribution in [3.05, 3.63) is 16.1 Å². The van der Waals surface area contributed by atoms with Gasteiger partial charge in [0, 0.05) is 38.1 Å². The molecule has 1 aromatic heterocycles. The smallest absolute Gasteiger partial charge is 0.194 e. The normalized spacial score (nSPS) is 23.4. The maximum absolute atomic E-state index is 9.75. The van der Waals surface area contributed by atoms with E-state index in [2.05, 4.69) is 39.3 Å². The summed E-state index contributed by atoms with van der Waals surface area (Å²) >= 11 is 1.74. The van der Waals surface area contributed by atoms with Crippen molar-refractivity contribution in [2.75, 3.05) is 39.3 Å². The Balaban J connectivity index is 1.45. The molecule has 2 aliphatic heterocycles. The van der Waals surface area contributed by atoms with Crippen molar-refractivity contribution in [2.24, 2.45) is 10.9 Å². The van der Waals surface area contributed by atoms with Crippen LogP contribution in [0.1, 0.15) is 36.9 Å². The summed E-state index contributed by atoms with van der Waals surface area (Å²) < 4.78 is 0. The molecule has 2 N–H and O–H groups in total. The molecule has 1 atom stereocenters. The van der Waals surface area contributed by atoms with Gasteiger partial charge in [-0.3, -0.25) is 9.89 Å². The molecule has 2 fully saturated rings. The predicted octanol–water partition coefficient (Wildman–Crippen LogP) is 1.70. The molecule has 2 aliphatic rings. The molecule has 6 nitrogen and oxygen atoms in total. The van der Waals surface area contributed by atoms with Crippen LogP contribution in [0.3, 0.4) is 0 Å². The van der Waals surface area contributed by atoms with E-state index in [-0.39, 0.29) is 6.10 Å². The number of thiazole rings is 1. The second kappa shape index (κ2) is 8.96. The van der Waals surface area contributed by atoms with E-state index in [4.69, 9.17) is 4.99 Å². The lowest BCUT2D eigenvalue weighted by Crippen LogP contribution is -2.41. The van der Waals surface area contributed by atoms with E-state index in [9.17, 15) is 5.11 Å². The van der Waals surface area contributed by atoms with E-state index >= 15 is 0 Å². The van der Waals surface area contributed by atoms with Crippen LogP contribution in [-0.2, 0) is 6.54 Å². The second-order valence-electron chi connectivity index (χ2n) is 7.16. The number of piperidine rings is 1. The van der Waals surface area contributed by atoms with Crippen molar-refractivity contribution in [1.29, 1.82) is 0 Å². The van der Waals surface area contributed by atoms with Crippen LogP contribution in [0.15, 0.2) is 10.4 Å². The molecule has 0 unspecified atom stereocenters. The molecule has 2 saturated heterocycles. The Morgan fingerprint density at radius 3 is 2.76 bits per heavy atom. The first-order valence-electron chi connectivity index (χ1n) is 9.48. The molecule has 0 aliphatic carbocycles. The molecule has 0 amide bonds. The standard InChI is InChI=1S/C18H31N5OS/c1-3-19-18(23-9-6-17(24)12-23)20-10-15-4-7-22(8-5-15)11-16-13-25-14(2)21-16/h13,15,17,24H,3-12H2,1-2H3,(H,19,20)/t17-/m1/s1. The van der Waals surface area contributed by atoms with Gasteiger partial charge < -0.3 is 15.3 Å². The first-order valence-corrected chi connectivity index (χ1v) is 10.4. The minimum absolute atomic E-state index is 0.207. The maximum Gasteiger partial charge on any atom is 0.194 e. The van der Waals surface area contributed by atoms with Gasteiger partial charge in [0.15, 0.2) is 5.96 Å². The van der Waals surface area contributed by atoms with Crippen LogP contribution in [0, 0.1) is 12.8 Å². The molecule has 0 bridgehead atoms. The molecule has 0 saturated carbocycles. The molecule has 3 heterocycles. The van der Waals surface area contributed by atoms with Crippen LogP contribution >= 0.6 is 11.3 Å². The number of nitrogens with zero attached hydrogens (tertiary/aromatic N) is 4. The summed E-state index contributed by atoms with van der Waals surface area (Å²) in [7, 11) is 0. The van der Waals surface area contributed by atoms with Crippen molar-refractivity contribution in [2.45, 2.75) is 45.8 Å². The fourth-order valence-corrected chi connectivity index (χ4v) is 4.22. The maximum atomic E-state index is 9.75. The van der Waals surface area contributed by atoms with Gasteiger partial charge in [0.1, 0.15) is 0 Å². The average molecular weight is 366 g/mol. The Labute approximate surface area is 155 Å². The van der Waals surface area contributed by atoms with Gasteiger partial charge in [-0.05, 0) is 52.1 Å². The summed E-state index contributed by atoms with van der Waals surface area (Å²) in [5.74, 6) is 1.63. The molecule has 3 rings (SSSR count). The van der Waals surface area contributed by atoms with Gasteiger partial charge in [-0.2, -0.15) is 0 Å². The molecule has 0 radical (unpaired) electrons. The highest BCUT2D eigenvalue weighted by Gasteiger charge is 2.24. The Bertz CT molecular complexity index is 568. The molecule has 25 heavy (non-hydrogen) atoms. The molecule has 140 valence electrons. The summed E-state index contributed by atoms with van der Waals surface area (Å²) in [5.41, 5.74) is 1.21. The van der Waals surface area contributed by atoms with Crippen LogP contribution in [0.25, 0.3) is 0 Å². The highest BCUT2D eigenvalue weighted by molar-refractivity contribution is 7.09. The number of nitrogens with one attached hydrogen (secondary N) is 1. The van der Waals surface area contributed by atoms with Crippen LogP contribution < -0.4 is 5.32 Å². The Morgan fingerprint density at radius 2 is 2.16 bits per heavy atom. The number of aliphatic imine (C=N–C) groups is 1. The zero-order chi connectivity index (χ0) is 17.6. The number of aryl methyl sites for hydroxylation is 1. The fourth-order valence-electron chi connectivity index (χ4n) is 3.61. The highest BCUT2D eigenvalue weighted by atomic mass is 32.1. The molecule has 0 aromatic carbocycles. The number of rotatable bonds is 5. The van der Waals surface area contributed by atoms with Crippen molar-refractivity contribution in [1.82, 2.24) is 20.1 Å². The quantitative estimate of drug-likeness (QED) is 0.614. The lowest BCUT2D eigenvalue weighted by molar-refractivity contribution is 0.178. The van der Waals surface area contributed by atoms with Crippen LogP contribution in [-0.4, -0.2) is 71.2 Å². The Hall–Kier alpha value is -1.18. The zero-order valence-corrected chi connectivity index (χ0v) is 16.3. The second-order valence-corrected chi connectivity index (χ2v) is 8.22. The number of β-amino-alcohol motifs (C(OH)–C–C–N with tert-alkyl or cyclic N) is 1. The number of aliphatic hydroxyl groups is 1. The lowest BCUT2D eigenvalue weighted by Gasteiger charge is -2.31. The van der Waals surface area contributed by atoms with Gasteiger partial charge in [0.25, 0.3) is 0 Å². The van der Waals surface area contributed by atoms with Gasteiger partial charge >= 0.3 is 0 Å². The monoisotopic (exact) mass is 365 g/mol. The number of aromatic nitrogens is 1. The van der Waals surface area contributed by atoms with E-state index in [1.807, 2.05) is 0 Å². The Morgan fingerprint density at radius 1 is 1.36 bits per heavy atom. The van der Waals surface area contributed by atoms with E-state index in [0.29, 0.717) is 12.5 Å². The van der Waals surface area contributed by atoms with E-state index in [1.54, 1.807) is 11.3 Å². The minimum Gasteiger partial charge on any atom is -0.391 e. The first-order chi connectivity index (χ1) is 12.1. The van der Waals surface area contributed by atoms with Crippen LogP contribution in [0.4, 0.5) is 0 Å². The summed E-state index contributed by atoms with van der Waals surface area (Å²) in [4.78, 5) is 14.1. The van der Waals surface area contributed by atoms with Gasteiger partial charge in [0.2, 0.25) is 0 Å². The van der Waals surface area contributed by atoms with E-state index < -0.39 is 0 Å². The third-order valence-electron chi connectivity index (χ3n) is 5.06. The van der Waals surface area contributed by atoms with Gasteiger partial charge in [-0.1, -0.05) is 0 Å². The summed E-state index contributed by atoms with van der Waals surface area (Å²) in [6.07, 6.45) is 3.05. The number of guanidine groups is 1. The fraction of sp³-hybridized carbons (Fsp3) is 0.778. The number of likely N-dealkylation sites (tertiary alicyclic amines) is 2. The zero-order valence-electron chi connectivity index (χ0n) is 15.4. The average Bonchev–Trinajstić information content (AvgIpc) is 3.21. The lowest BCUT2D eigenvalue weighted by atomic mass is 9.97. The molecule has 7 heteroatoms. The Kier molecular flexibility index (Phi) is 6.67. The number of hydrogen-bond donors (Lipinski definition) is 2. The van der Waals surface area contributed by atoms with Crippen molar-refractivity contribution in [3.8, 4) is 0 Å². The van der Waals surface area contributed by atoms with E-state index in [0.717, 1.165) is 56.7 Å². The summed E-state index contributed by atoms with van der Waals surface area (Å²) in [5, 5.41) is 16.5. The molecular formula is C18H31N5OS. The van der Waals surface area contributed by atoms with Crippen molar-refractivity contribution in [3.63, 3.8) is 0 Å². The third-order valence-corrected chi connectivity index (χ3v) is 5.88. The third kappa shape index (κ3) is 5.39. The first kappa shape index (κ1) is 18.6. The van der Waals surface area contributed by atoms with Crippen molar-refractivity contribution < 1.29 is 5.11 Å². The van der Waals surface area contributed by atoms with Crippen LogP contribution in [0.5, 0.6) is 0 Å². The predicted molar refractivity (Wildman–Crippen MR) is 103 cm³/mol. The van der Waals surface area contributed by atoms with Crippen LogP contribution in [0.2, 0.25) is 0 Å². The summed E-state index contributed by atoms with van der Waals surface area (Å²) in [6, 6.07) is 0. The highest BCUT2D eigenvalue weighted by Crippen LogP contribution is 2.20. The summed E-state index contributed by atoms with van der Waals surface area (Å²) in [6.45, 7) is 10.8. The molecule has 0 spiro atoms. The van der Waals surface area contributed by atoms with Crippen molar-refractivity contribution >= 4 is 17.3 Å². The minimum atomic E-state index is -0.207. The van der Waals surface area contributed by atoms with E-state index in [1.165, 1.54) is 18.5 Å². The van der Waals surface area contributed by atoms with Gasteiger partial charge in [0.05, 0.1) is 16.8 Å². The topological polar surface area (TPSA) is 64.0 Å². The number of hydrogen-bond acceptors (Lipinski definition) is 5. The number of aliphatic hydroxyl groups excluding tert-OH is 1. The van der Waals surface area contributed by atoms with Gasteiger partial charge in [-0.15, -0.1) is 11.3 Å². The SMILES string of the molecule is CCNC(=NCC1CCN(Cc2csc(C)n2)CC1)N1CC[C@@H](O)C1. The van der Waals surface area contributed by atoms with Gasteiger partial charge in [-0.25, -0.2) is 4.98 Å². The largest absolute Gasteiger partial charge is 0.391 e.